The third kappa shape index (κ3) is 3.03. The van der Waals surface area contributed by atoms with E-state index in [0.29, 0.717) is 11.4 Å². The molecule has 0 bridgehead atoms. The number of ether oxygens (including phenoxy) is 1. The number of hydrogen-bond acceptors (Lipinski definition) is 5. The van der Waals surface area contributed by atoms with Crippen molar-refractivity contribution >= 4 is 11.6 Å². The van der Waals surface area contributed by atoms with Crippen molar-refractivity contribution in [3.05, 3.63) is 41.6 Å². The van der Waals surface area contributed by atoms with Crippen LogP contribution in [0.25, 0.3) is 0 Å². The molecular formula is C14H16N4O2. The fraction of sp³-hybridized carbons (Fsp3) is 0.214. The predicted octanol–water partition coefficient (Wildman–Crippen LogP) is 1.86. The van der Waals surface area contributed by atoms with Crippen LogP contribution < -0.4 is 10.5 Å². The molecule has 0 atom stereocenters. The number of anilines is 1. The van der Waals surface area contributed by atoms with Crippen LogP contribution in [0.4, 0.5) is 5.69 Å². The molecule has 2 aromatic rings. The summed E-state index contributed by atoms with van der Waals surface area (Å²) >= 11 is 0. The van der Waals surface area contributed by atoms with Crippen LogP contribution >= 0.6 is 0 Å². The smallest absolute Gasteiger partial charge is 0.273 e. The second-order valence-electron chi connectivity index (χ2n) is 4.60. The molecule has 0 unspecified atom stereocenters. The summed E-state index contributed by atoms with van der Waals surface area (Å²) in [5.74, 6) is 0.589. The van der Waals surface area contributed by atoms with Crippen LogP contribution in [-0.4, -0.2) is 35.1 Å². The third-order valence-corrected chi connectivity index (χ3v) is 2.65. The Morgan fingerprint density at radius 3 is 2.50 bits per heavy atom. The summed E-state index contributed by atoms with van der Waals surface area (Å²) in [6, 6.07) is 8.62. The molecule has 6 heteroatoms. The van der Waals surface area contributed by atoms with Crippen LogP contribution in [0.15, 0.2) is 30.3 Å². The van der Waals surface area contributed by atoms with Gasteiger partial charge in [0.25, 0.3) is 5.91 Å². The first-order chi connectivity index (χ1) is 9.47. The minimum absolute atomic E-state index is 0.209. The quantitative estimate of drug-likeness (QED) is 0.862. The van der Waals surface area contributed by atoms with Gasteiger partial charge in [0.1, 0.15) is 0 Å². The van der Waals surface area contributed by atoms with E-state index < -0.39 is 0 Å². The van der Waals surface area contributed by atoms with Gasteiger partial charge in [0.05, 0.1) is 5.69 Å². The van der Waals surface area contributed by atoms with Crippen molar-refractivity contribution in [1.29, 1.82) is 0 Å². The maximum Gasteiger partial charge on any atom is 0.273 e. The number of carbonyl (C=O) groups is 1. The lowest BCUT2D eigenvalue weighted by Crippen LogP contribution is -2.23. The molecule has 1 amide bonds. The van der Waals surface area contributed by atoms with Gasteiger partial charge in [0.15, 0.2) is 11.4 Å². The van der Waals surface area contributed by atoms with E-state index in [1.807, 2.05) is 19.1 Å². The topological polar surface area (TPSA) is 81.3 Å². The first-order valence-electron chi connectivity index (χ1n) is 6.07. The maximum atomic E-state index is 11.7. The van der Waals surface area contributed by atoms with E-state index in [9.17, 15) is 4.79 Å². The largest absolute Gasteiger partial charge is 0.435 e. The van der Waals surface area contributed by atoms with E-state index >= 15 is 0 Å². The highest BCUT2D eigenvalue weighted by Gasteiger charge is 2.11. The Kier molecular flexibility index (Phi) is 3.84. The predicted molar refractivity (Wildman–Crippen MR) is 75.7 cm³/mol. The molecule has 0 saturated heterocycles. The molecule has 2 rings (SSSR count). The van der Waals surface area contributed by atoms with Gasteiger partial charge in [-0.1, -0.05) is 6.07 Å². The van der Waals surface area contributed by atoms with Gasteiger partial charge >= 0.3 is 0 Å². The summed E-state index contributed by atoms with van der Waals surface area (Å²) in [6.45, 7) is 1.95. The van der Waals surface area contributed by atoms with Gasteiger partial charge in [-0.3, -0.25) is 4.79 Å². The number of nitrogens with zero attached hydrogens (tertiary/aromatic N) is 3. The number of amides is 1. The molecule has 0 spiro atoms. The van der Waals surface area contributed by atoms with Gasteiger partial charge in [0.2, 0.25) is 5.88 Å². The lowest BCUT2D eigenvalue weighted by atomic mass is 10.2. The van der Waals surface area contributed by atoms with E-state index in [-0.39, 0.29) is 17.5 Å². The highest BCUT2D eigenvalue weighted by Crippen LogP contribution is 2.26. The Morgan fingerprint density at radius 2 is 1.95 bits per heavy atom. The van der Waals surface area contributed by atoms with Gasteiger partial charge in [-0.2, -0.15) is 0 Å². The highest BCUT2D eigenvalue weighted by molar-refractivity contribution is 5.91. The van der Waals surface area contributed by atoms with Gasteiger partial charge < -0.3 is 15.4 Å². The summed E-state index contributed by atoms with van der Waals surface area (Å²) in [7, 11) is 3.31. The van der Waals surface area contributed by atoms with Crippen LogP contribution in [0.3, 0.4) is 0 Å². The molecule has 6 nitrogen and oxygen atoms in total. The summed E-state index contributed by atoms with van der Waals surface area (Å²) in [5.41, 5.74) is 7.69. The average molecular weight is 272 g/mol. The molecule has 0 fully saturated rings. The molecule has 1 heterocycles. The molecule has 2 N–H and O–H groups in total. The number of nitrogens with two attached hydrogens (primary N) is 1. The number of aryl methyl sites for hydroxylation is 1. The third-order valence-electron chi connectivity index (χ3n) is 2.65. The van der Waals surface area contributed by atoms with Crippen molar-refractivity contribution in [2.24, 2.45) is 0 Å². The van der Waals surface area contributed by atoms with E-state index in [2.05, 4.69) is 10.2 Å². The fourth-order valence-electron chi connectivity index (χ4n) is 1.59. The number of aromatic nitrogens is 2. The van der Waals surface area contributed by atoms with Crippen molar-refractivity contribution in [2.45, 2.75) is 6.92 Å². The first kappa shape index (κ1) is 13.8. The van der Waals surface area contributed by atoms with Crippen molar-refractivity contribution in [3.8, 4) is 11.6 Å². The number of benzene rings is 1. The standard InChI is InChI=1S/C14H16N4O2/c1-9-4-6-12(10(15)8-9)20-13-7-5-11(16-17-13)14(19)18(2)3/h4-8H,15H2,1-3H3. The van der Waals surface area contributed by atoms with E-state index in [4.69, 9.17) is 10.5 Å². The molecule has 1 aromatic heterocycles. The zero-order valence-electron chi connectivity index (χ0n) is 11.6. The van der Waals surface area contributed by atoms with E-state index in [0.717, 1.165) is 5.56 Å². The molecule has 0 aliphatic rings. The molecular weight excluding hydrogens is 256 g/mol. The van der Waals surface area contributed by atoms with Crippen molar-refractivity contribution in [2.75, 3.05) is 19.8 Å². The Labute approximate surface area is 117 Å². The lowest BCUT2D eigenvalue weighted by molar-refractivity contribution is 0.0820. The van der Waals surface area contributed by atoms with Crippen molar-refractivity contribution in [1.82, 2.24) is 15.1 Å². The number of nitrogen functional groups attached to an aromatic ring is 1. The van der Waals surface area contributed by atoms with Crippen LogP contribution in [0.2, 0.25) is 0 Å². The SMILES string of the molecule is Cc1ccc(Oc2ccc(C(=O)N(C)C)nn2)c(N)c1. The molecule has 20 heavy (non-hydrogen) atoms. The monoisotopic (exact) mass is 272 g/mol. The molecule has 0 aliphatic heterocycles. The Hall–Kier alpha value is -2.63. The van der Waals surface area contributed by atoms with Crippen LogP contribution in [0, 0.1) is 6.92 Å². The summed E-state index contributed by atoms with van der Waals surface area (Å²) < 4.78 is 5.54. The van der Waals surface area contributed by atoms with Crippen molar-refractivity contribution in [3.63, 3.8) is 0 Å². The number of rotatable bonds is 3. The second kappa shape index (κ2) is 5.56. The molecule has 104 valence electrons. The van der Waals surface area contributed by atoms with Crippen LogP contribution in [0.1, 0.15) is 16.1 Å². The zero-order chi connectivity index (χ0) is 14.7. The first-order valence-corrected chi connectivity index (χ1v) is 6.07. The average Bonchev–Trinajstić information content (AvgIpc) is 2.42. The minimum atomic E-state index is -0.209. The van der Waals surface area contributed by atoms with Gasteiger partial charge in [-0.05, 0) is 30.7 Å². The molecule has 1 aromatic carbocycles. The Morgan fingerprint density at radius 1 is 1.20 bits per heavy atom. The summed E-state index contributed by atoms with van der Waals surface area (Å²) in [6.07, 6.45) is 0. The van der Waals surface area contributed by atoms with E-state index in [1.54, 1.807) is 32.3 Å². The fourth-order valence-corrected chi connectivity index (χ4v) is 1.59. The van der Waals surface area contributed by atoms with Crippen LogP contribution in [-0.2, 0) is 0 Å². The molecule has 0 saturated carbocycles. The van der Waals surface area contributed by atoms with Gasteiger partial charge in [0, 0.05) is 20.2 Å². The zero-order valence-corrected chi connectivity index (χ0v) is 11.6. The maximum absolute atomic E-state index is 11.7. The number of hydrogen-bond donors (Lipinski definition) is 1. The Balaban J connectivity index is 2.17. The second-order valence-corrected chi connectivity index (χ2v) is 4.60. The molecule has 0 radical (unpaired) electrons. The van der Waals surface area contributed by atoms with Crippen molar-refractivity contribution < 1.29 is 9.53 Å². The van der Waals surface area contributed by atoms with Crippen LogP contribution in [0.5, 0.6) is 11.6 Å². The minimum Gasteiger partial charge on any atom is -0.435 e. The summed E-state index contributed by atoms with van der Waals surface area (Å²) in [5, 5.41) is 7.70. The Bertz CT molecular complexity index is 624. The van der Waals surface area contributed by atoms with E-state index in [1.165, 1.54) is 4.90 Å². The van der Waals surface area contributed by atoms with Gasteiger partial charge in [-0.25, -0.2) is 0 Å². The lowest BCUT2D eigenvalue weighted by Gasteiger charge is -2.10. The normalized spacial score (nSPS) is 10.2. The molecule has 0 aliphatic carbocycles. The highest BCUT2D eigenvalue weighted by atomic mass is 16.5. The number of carbonyl (C=O) groups excluding carboxylic acids is 1. The van der Waals surface area contributed by atoms with Gasteiger partial charge in [-0.15, -0.1) is 10.2 Å². The summed E-state index contributed by atoms with van der Waals surface area (Å²) in [4.78, 5) is 13.1.